The largest absolute Gasteiger partial charge is 0.497 e. The highest BCUT2D eigenvalue weighted by Crippen LogP contribution is 2.38. The molecule has 0 radical (unpaired) electrons. The van der Waals surface area contributed by atoms with Gasteiger partial charge < -0.3 is 9.64 Å². The Hall–Kier alpha value is -2.62. The van der Waals surface area contributed by atoms with Gasteiger partial charge in [-0.05, 0) is 23.3 Å². The van der Waals surface area contributed by atoms with Crippen LogP contribution in [0.15, 0.2) is 47.5 Å². The summed E-state index contributed by atoms with van der Waals surface area (Å²) in [5, 5.41) is 0. The minimum atomic E-state index is -0.0768. The molecule has 0 N–H and O–H groups in total. The quantitative estimate of drug-likeness (QED) is 0.804. The van der Waals surface area contributed by atoms with Crippen LogP contribution < -0.4 is 4.74 Å². The van der Waals surface area contributed by atoms with Gasteiger partial charge in [-0.1, -0.05) is 24.3 Å². The van der Waals surface area contributed by atoms with Gasteiger partial charge in [-0.2, -0.15) is 0 Å². The smallest absolute Gasteiger partial charge is 0.257 e. The molecule has 1 atom stereocenters. The van der Waals surface area contributed by atoms with E-state index in [9.17, 15) is 4.79 Å². The fourth-order valence-corrected chi connectivity index (χ4v) is 3.01. The van der Waals surface area contributed by atoms with Crippen LogP contribution in [0.25, 0.3) is 0 Å². The number of rotatable bonds is 1. The maximum atomic E-state index is 12.8. The summed E-state index contributed by atoms with van der Waals surface area (Å²) in [5.74, 6) is 0.729. The monoisotopic (exact) mass is 278 g/mol. The standard InChI is InChI=1S/C17H14N2O2/c1-21-12-6-7-14-15(8-12)18-9-16-13-5-3-2-4-11(13)10-19(16)17(14)20/h2-9,16H,10H2,1H3/t16-/m1/s1. The molecule has 2 aromatic carbocycles. The van der Waals surface area contributed by atoms with Gasteiger partial charge in [0.1, 0.15) is 5.75 Å². The Labute approximate surface area is 122 Å². The average Bonchev–Trinajstić information content (AvgIpc) is 2.84. The van der Waals surface area contributed by atoms with E-state index in [-0.39, 0.29) is 11.9 Å². The highest BCUT2D eigenvalue weighted by Gasteiger charge is 2.35. The molecule has 0 unspecified atom stereocenters. The van der Waals surface area contributed by atoms with Gasteiger partial charge in [-0.15, -0.1) is 0 Å². The molecule has 2 aliphatic rings. The molecule has 104 valence electrons. The summed E-state index contributed by atoms with van der Waals surface area (Å²) >= 11 is 0. The van der Waals surface area contributed by atoms with Crippen molar-refractivity contribution in [2.45, 2.75) is 12.6 Å². The Morgan fingerprint density at radius 3 is 2.95 bits per heavy atom. The van der Waals surface area contributed by atoms with Crippen molar-refractivity contribution in [3.63, 3.8) is 0 Å². The molecule has 2 heterocycles. The van der Waals surface area contributed by atoms with E-state index >= 15 is 0 Å². The number of nitrogens with zero attached hydrogens (tertiary/aromatic N) is 2. The molecule has 2 aromatic rings. The number of ether oxygens (including phenoxy) is 1. The second kappa shape index (κ2) is 4.45. The number of hydrogen-bond acceptors (Lipinski definition) is 3. The topological polar surface area (TPSA) is 41.9 Å². The van der Waals surface area contributed by atoms with Crippen molar-refractivity contribution in [3.05, 3.63) is 59.2 Å². The first-order valence-electron chi connectivity index (χ1n) is 6.89. The molecule has 2 aliphatic heterocycles. The van der Waals surface area contributed by atoms with Crippen LogP contribution >= 0.6 is 0 Å². The first-order valence-corrected chi connectivity index (χ1v) is 6.89. The first-order chi connectivity index (χ1) is 10.3. The SMILES string of the molecule is COc1ccc2c(c1)N=C[C@@H]1c3ccccc3CN1C2=O. The first kappa shape index (κ1) is 12.1. The number of aliphatic imine (C=N–C) groups is 1. The van der Waals surface area contributed by atoms with Crippen molar-refractivity contribution < 1.29 is 9.53 Å². The molecule has 4 rings (SSSR count). The molecular weight excluding hydrogens is 264 g/mol. The Bertz CT molecular complexity index is 767. The summed E-state index contributed by atoms with van der Waals surface area (Å²) in [5.41, 5.74) is 3.65. The number of amides is 1. The molecule has 1 amide bonds. The number of benzene rings is 2. The number of methoxy groups -OCH3 is 1. The molecule has 0 spiro atoms. The van der Waals surface area contributed by atoms with E-state index in [1.165, 1.54) is 5.56 Å². The number of fused-ring (bicyclic) bond motifs is 4. The molecule has 21 heavy (non-hydrogen) atoms. The van der Waals surface area contributed by atoms with E-state index in [0.717, 1.165) is 5.56 Å². The van der Waals surface area contributed by atoms with Crippen LogP contribution in [0.5, 0.6) is 5.75 Å². The highest BCUT2D eigenvalue weighted by molar-refractivity contribution is 6.03. The Morgan fingerprint density at radius 1 is 1.24 bits per heavy atom. The summed E-state index contributed by atoms with van der Waals surface area (Å²) in [6.07, 6.45) is 1.86. The summed E-state index contributed by atoms with van der Waals surface area (Å²) in [4.78, 5) is 19.2. The summed E-state index contributed by atoms with van der Waals surface area (Å²) in [7, 11) is 1.61. The number of carbonyl (C=O) groups is 1. The van der Waals surface area contributed by atoms with E-state index in [0.29, 0.717) is 23.5 Å². The van der Waals surface area contributed by atoms with E-state index in [2.05, 4.69) is 17.1 Å². The Balaban J connectivity index is 1.84. The fraction of sp³-hybridized carbons (Fsp3) is 0.176. The van der Waals surface area contributed by atoms with Crippen LogP contribution in [0.1, 0.15) is 27.5 Å². The Kier molecular flexibility index (Phi) is 2.57. The minimum absolute atomic E-state index is 0.0198. The van der Waals surface area contributed by atoms with E-state index in [4.69, 9.17) is 4.74 Å². The molecular formula is C17H14N2O2. The third-order valence-electron chi connectivity index (χ3n) is 4.10. The molecule has 0 saturated heterocycles. The number of carbonyl (C=O) groups excluding carboxylic acids is 1. The van der Waals surface area contributed by atoms with Crippen LogP contribution in [-0.2, 0) is 6.54 Å². The molecule has 0 aliphatic carbocycles. The van der Waals surface area contributed by atoms with E-state index in [1.807, 2.05) is 23.2 Å². The third kappa shape index (κ3) is 1.76. The van der Waals surface area contributed by atoms with Crippen molar-refractivity contribution in [1.82, 2.24) is 4.90 Å². The maximum absolute atomic E-state index is 12.8. The summed E-state index contributed by atoms with van der Waals surface area (Å²) < 4.78 is 5.21. The fourth-order valence-electron chi connectivity index (χ4n) is 3.01. The van der Waals surface area contributed by atoms with Crippen molar-refractivity contribution in [2.75, 3.05) is 7.11 Å². The molecule has 0 bridgehead atoms. The Morgan fingerprint density at radius 2 is 2.10 bits per heavy atom. The van der Waals surface area contributed by atoms with Crippen LogP contribution in [0, 0.1) is 0 Å². The second-order valence-electron chi connectivity index (χ2n) is 5.24. The van der Waals surface area contributed by atoms with Gasteiger partial charge >= 0.3 is 0 Å². The van der Waals surface area contributed by atoms with Gasteiger partial charge in [0.05, 0.1) is 24.4 Å². The molecule has 0 aromatic heterocycles. The molecule has 4 heteroatoms. The van der Waals surface area contributed by atoms with Crippen LogP contribution in [0.3, 0.4) is 0 Å². The predicted molar refractivity (Wildman–Crippen MR) is 80.2 cm³/mol. The average molecular weight is 278 g/mol. The van der Waals surface area contributed by atoms with Crippen molar-refractivity contribution in [2.24, 2.45) is 4.99 Å². The molecule has 0 saturated carbocycles. The summed E-state index contributed by atoms with van der Waals surface area (Å²) in [6.45, 7) is 0.636. The second-order valence-corrected chi connectivity index (χ2v) is 5.24. The van der Waals surface area contributed by atoms with Gasteiger partial charge in [0.25, 0.3) is 5.91 Å². The van der Waals surface area contributed by atoms with Crippen molar-refractivity contribution in [1.29, 1.82) is 0 Å². The van der Waals surface area contributed by atoms with Crippen molar-refractivity contribution >= 4 is 17.8 Å². The normalized spacial score (nSPS) is 18.8. The van der Waals surface area contributed by atoms with Gasteiger partial charge in [-0.3, -0.25) is 9.79 Å². The molecule has 4 nitrogen and oxygen atoms in total. The highest BCUT2D eigenvalue weighted by atomic mass is 16.5. The lowest BCUT2D eigenvalue weighted by Gasteiger charge is -2.20. The van der Waals surface area contributed by atoms with Crippen LogP contribution in [0.2, 0.25) is 0 Å². The zero-order chi connectivity index (χ0) is 14.4. The zero-order valence-corrected chi connectivity index (χ0v) is 11.6. The molecule has 0 fully saturated rings. The van der Waals surface area contributed by atoms with Gasteiger partial charge in [0.2, 0.25) is 0 Å². The van der Waals surface area contributed by atoms with Crippen molar-refractivity contribution in [3.8, 4) is 5.75 Å². The van der Waals surface area contributed by atoms with Gasteiger partial charge in [0, 0.05) is 18.8 Å². The van der Waals surface area contributed by atoms with E-state index in [1.54, 1.807) is 25.3 Å². The van der Waals surface area contributed by atoms with Crippen LogP contribution in [-0.4, -0.2) is 24.1 Å². The lowest BCUT2D eigenvalue weighted by molar-refractivity contribution is 0.0740. The number of hydrogen-bond donors (Lipinski definition) is 0. The summed E-state index contributed by atoms with van der Waals surface area (Å²) in [6, 6.07) is 13.5. The van der Waals surface area contributed by atoms with Crippen LogP contribution in [0.4, 0.5) is 5.69 Å². The van der Waals surface area contributed by atoms with Gasteiger partial charge in [0.15, 0.2) is 0 Å². The third-order valence-corrected chi connectivity index (χ3v) is 4.10. The predicted octanol–water partition coefficient (Wildman–Crippen LogP) is 3.11. The van der Waals surface area contributed by atoms with Gasteiger partial charge in [-0.25, -0.2) is 0 Å². The minimum Gasteiger partial charge on any atom is -0.497 e. The zero-order valence-electron chi connectivity index (χ0n) is 11.6. The lowest BCUT2D eigenvalue weighted by atomic mass is 10.1. The van der Waals surface area contributed by atoms with E-state index < -0.39 is 0 Å². The lowest BCUT2D eigenvalue weighted by Crippen LogP contribution is -2.29. The maximum Gasteiger partial charge on any atom is 0.257 e.